The van der Waals surface area contributed by atoms with Crippen LogP contribution >= 0.6 is 27.7 Å². The first-order valence-electron chi connectivity index (χ1n) is 8.11. The number of rotatable bonds is 6. The molecule has 0 saturated carbocycles. The van der Waals surface area contributed by atoms with E-state index in [-0.39, 0.29) is 4.90 Å². The fourth-order valence-electron chi connectivity index (χ4n) is 2.93. The highest BCUT2D eigenvalue weighted by Crippen LogP contribution is 2.47. The molecule has 0 bridgehead atoms. The summed E-state index contributed by atoms with van der Waals surface area (Å²) in [4.78, 5) is 0.262. The monoisotopic (exact) mass is 473 g/mol. The van der Waals surface area contributed by atoms with E-state index in [1.807, 2.05) is 0 Å². The van der Waals surface area contributed by atoms with Gasteiger partial charge in [-0.05, 0) is 30.3 Å². The third-order valence-corrected chi connectivity index (χ3v) is 8.05. The van der Waals surface area contributed by atoms with Gasteiger partial charge in [-0.1, -0.05) is 15.9 Å². The van der Waals surface area contributed by atoms with E-state index in [0.29, 0.717) is 29.5 Å². The minimum absolute atomic E-state index is 0.262. The summed E-state index contributed by atoms with van der Waals surface area (Å²) < 4.78 is 45.0. The van der Waals surface area contributed by atoms with Crippen LogP contribution in [0.4, 0.5) is 0 Å². The second kappa shape index (κ2) is 8.30. The van der Waals surface area contributed by atoms with Crippen molar-refractivity contribution in [2.24, 2.45) is 0 Å². The quantitative estimate of drug-likeness (QED) is 0.633. The summed E-state index contributed by atoms with van der Waals surface area (Å²) in [6.07, 6.45) is 0. The Morgan fingerprint density at radius 3 is 2.19 bits per heavy atom. The van der Waals surface area contributed by atoms with Crippen LogP contribution in [0.5, 0.6) is 17.2 Å². The van der Waals surface area contributed by atoms with Crippen molar-refractivity contribution in [1.29, 1.82) is 0 Å². The fraction of sp³-hybridized carbons (Fsp3) is 0.333. The Balaban J connectivity index is 2.05. The molecule has 2 aromatic carbocycles. The zero-order chi connectivity index (χ0) is 19.6. The molecule has 1 heterocycles. The summed E-state index contributed by atoms with van der Waals surface area (Å²) in [6.45, 7) is 0.422. The normalized spacial score (nSPS) is 17.7. The minimum Gasteiger partial charge on any atom is -0.496 e. The lowest BCUT2D eigenvalue weighted by atomic mass is 10.1. The van der Waals surface area contributed by atoms with Gasteiger partial charge in [0, 0.05) is 28.4 Å². The number of benzene rings is 2. The van der Waals surface area contributed by atoms with Crippen LogP contribution in [0.2, 0.25) is 0 Å². The maximum absolute atomic E-state index is 13.2. The number of nitrogens with zero attached hydrogens (tertiary/aromatic N) is 1. The molecule has 1 aliphatic heterocycles. The van der Waals surface area contributed by atoms with Gasteiger partial charge in [-0.25, -0.2) is 8.42 Å². The van der Waals surface area contributed by atoms with Gasteiger partial charge in [0.2, 0.25) is 10.0 Å². The summed E-state index contributed by atoms with van der Waals surface area (Å²) in [6, 6.07) is 10.2. The average molecular weight is 474 g/mol. The third kappa shape index (κ3) is 3.91. The summed E-state index contributed by atoms with van der Waals surface area (Å²) in [5.41, 5.74) is 0.735. The van der Waals surface area contributed by atoms with E-state index < -0.39 is 15.4 Å². The van der Waals surface area contributed by atoms with E-state index in [1.165, 1.54) is 4.31 Å². The Morgan fingerprint density at radius 1 is 1.00 bits per heavy atom. The highest BCUT2D eigenvalue weighted by Gasteiger charge is 2.38. The van der Waals surface area contributed by atoms with E-state index in [2.05, 4.69) is 15.9 Å². The fourth-order valence-corrected chi connectivity index (χ4v) is 6.44. The van der Waals surface area contributed by atoms with Crippen molar-refractivity contribution < 1.29 is 22.6 Å². The van der Waals surface area contributed by atoms with Crippen molar-refractivity contribution in [2.75, 3.05) is 33.6 Å². The SMILES string of the molecule is COc1cc(OC)c([C@H]2SCCN2S(=O)(=O)c2ccc(Br)cc2)cc1OC. The molecule has 1 fully saturated rings. The smallest absolute Gasteiger partial charge is 0.244 e. The zero-order valence-electron chi connectivity index (χ0n) is 15.1. The molecule has 1 atom stereocenters. The summed E-state index contributed by atoms with van der Waals surface area (Å²) in [5.74, 6) is 2.31. The van der Waals surface area contributed by atoms with Gasteiger partial charge in [0.05, 0.1) is 31.6 Å². The van der Waals surface area contributed by atoms with Gasteiger partial charge < -0.3 is 14.2 Å². The molecule has 3 rings (SSSR count). The Bertz CT molecular complexity index is 918. The molecule has 1 saturated heterocycles. The first-order valence-corrected chi connectivity index (χ1v) is 11.4. The van der Waals surface area contributed by atoms with Crippen LogP contribution in [-0.4, -0.2) is 46.4 Å². The minimum atomic E-state index is -3.65. The van der Waals surface area contributed by atoms with Crippen LogP contribution in [0, 0.1) is 0 Å². The third-order valence-electron chi connectivity index (χ3n) is 4.27. The molecular weight excluding hydrogens is 454 g/mol. The van der Waals surface area contributed by atoms with Crippen LogP contribution in [0.25, 0.3) is 0 Å². The Kier molecular flexibility index (Phi) is 6.25. The van der Waals surface area contributed by atoms with E-state index in [0.717, 1.165) is 10.0 Å². The molecular formula is C18H20BrNO5S2. The van der Waals surface area contributed by atoms with Crippen molar-refractivity contribution in [1.82, 2.24) is 4.31 Å². The van der Waals surface area contributed by atoms with Gasteiger partial charge in [0.25, 0.3) is 0 Å². The lowest BCUT2D eigenvalue weighted by Crippen LogP contribution is -2.30. The van der Waals surface area contributed by atoms with E-state index >= 15 is 0 Å². The molecule has 146 valence electrons. The molecule has 0 N–H and O–H groups in total. The van der Waals surface area contributed by atoms with Crippen LogP contribution in [0.1, 0.15) is 10.9 Å². The summed E-state index contributed by atoms with van der Waals surface area (Å²) in [5, 5.41) is -0.409. The molecule has 1 aliphatic rings. The highest BCUT2D eigenvalue weighted by molar-refractivity contribution is 9.10. The van der Waals surface area contributed by atoms with Gasteiger partial charge in [-0.15, -0.1) is 11.8 Å². The standard InChI is InChI=1S/C18H20BrNO5S2/c1-23-15-11-17(25-3)16(24-2)10-14(15)18-20(8-9-26-18)27(21,22)13-6-4-12(19)5-7-13/h4-7,10-11,18H,8-9H2,1-3H3/t18-/m1/s1. The number of ether oxygens (including phenoxy) is 3. The van der Waals surface area contributed by atoms with Crippen molar-refractivity contribution in [3.63, 3.8) is 0 Å². The molecule has 0 aromatic heterocycles. The zero-order valence-corrected chi connectivity index (χ0v) is 18.4. The molecule has 9 heteroatoms. The molecule has 27 heavy (non-hydrogen) atoms. The van der Waals surface area contributed by atoms with Crippen molar-refractivity contribution in [2.45, 2.75) is 10.3 Å². The topological polar surface area (TPSA) is 65.1 Å². The largest absolute Gasteiger partial charge is 0.496 e. The van der Waals surface area contributed by atoms with Crippen molar-refractivity contribution in [3.8, 4) is 17.2 Å². The first-order chi connectivity index (χ1) is 12.9. The van der Waals surface area contributed by atoms with E-state index in [1.54, 1.807) is 69.5 Å². The summed E-state index contributed by atoms with van der Waals surface area (Å²) >= 11 is 4.89. The number of thioether (sulfide) groups is 1. The maximum atomic E-state index is 13.2. The van der Waals surface area contributed by atoms with Gasteiger partial charge >= 0.3 is 0 Å². The van der Waals surface area contributed by atoms with Crippen LogP contribution in [0.3, 0.4) is 0 Å². The van der Waals surface area contributed by atoms with Gasteiger partial charge in [0.15, 0.2) is 11.5 Å². The van der Waals surface area contributed by atoms with E-state index in [4.69, 9.17) is 14.2 Å². The van der Waals surface area contributed by atoms with Gasteiger partial charge in [-0.3, -0.25) is 0 Å². The van der Waals surface area contributed by atoms with Crippen molar-refractivity contribution in [3.05, 3.63) is 46.4 Å². The Labute approximate surface area is 172 Å². The Hall–Kier alpha value is -1.42. The molecule has 2 aromatic rings. The van der Waals surface area contributed by atoms with Gasteiger partial charge in [-0.2, -0.15) is 4.31 Å². The number of hydrogen-bond donors (Lipinski definition) is 0. The lowest BCUT2D eigenvalue weighted by Gasteiger charge is -2.25. The molecule has 0 amide bonds. The van der Waals surface area contributed by atoms with Crippen molar-refractivity contribution >= 4 is 37.7 Å². The lowest BCUT2D eigenvalue weighted by molar-refractivity contribution is 0.344. The molecule has 0 aliphatic carbocycles. The van der Waals surface area contributed by atoms with Gasteiger partial charge in [0.1, 0.15) is 5.75 Å². The molecule has 6 nitrogen and oxygen atoms in total. The first kappa shape index (κ1) is 20.3. The number of hydrogen-bond acceptors (Lipinski definition) is 6. The molecule has 0 unspecified atom stereocenters. The summed E-state index contributed by atoms with van der Waals surface area (Å²) in [7, 11) is 1.000. The number of sulfonamides is 1. The predicted octanol–water partition coefficient (Wildman–Crippen LogP) is 3.91. The van der Waals surface area contributed by atoms with Crippen LogP contribution in [-0.2, 0) is 10.0 Å². The number of methoxy groups -OCH3 is 3. The molecule has 0 radical (unpaired) electrons. The van der Waals surface area contributed by atoms with Crippen LogP contribution < -0.4 is 14.2 Å². The predicted molar refractivity (Wildman–Crippen MR) is 109 cm³/mol. The second-order valence-corrected chi connectivity index (χ2v) is 9.74. The van der Waals surface area contributed by atoms with E-state index in [9.17, 15) is 8.42 Å². The maximum Gasteiger partial charge on any atom is 0.244 e. The number of halogens is 1. The van der Waals surface area contributed by atoms with Crippen LogP contribution in [0.15, 0.2) is 45.8 Å². The Morgan fingerprint density at radius 2 is 1.59 bits per heavy atom. The second-order valence-electron chi connectivity index (χ2n) is 5.74. The molecule has 0 spiro atoms. The average Bonchev–Trinajstić information content (AvgIpc) is 3.17. The highest BCUT2D eigenvalue weighted by atomic mass is 79.9.